The summed E-state index contributed by atoms with van der Waals surface area (Å²) in [5.41, 5.74) is 11.2. The van der Waals surface area contributed by atoms with Gasteiger partial charge in [0, 0.05) is 27.7 Å². The van der Waals surface area contributed by atoms with Crippen molar-refractivity contribution in [1.82, 2.24) is 18.9 Å². The normalized spacial score (nSPS) is 13.8. The van der Waals surface area contributed by atoms with Gasteiger partial charge in [0.2, 0.25) is 0 Å². The molecule has 0 atom stereocenters. The van der Waals surface area contributed by atoms with E-state index in [0.717, 1.165) is 118 Å². The molecule has 10 heteroatoms. The first-order valence-corrected chi connectivity index (χ1v) is 26.1. The minimum absolute atomic E-state index is 0.0896. The number of aromatic nitrogens is 4. The molecule has 12 rings (SSSR count). The van der Waals surface area contributed by atoms with Crippen LogP contribution < -0.4 is 32.5 Å². The number of hydrogen-bond donors (Lipinski definition) is 0. The van der Waals surface area contributed by atoms with Crippen molar-refractivity contribution < 1.29 is 0 Å². The second-order valence-corrected chi connectivity index (χ2v) is 20.5. The van der Waals surface area contributed by atoms with E-state index in [2.05, 4.69) is 186 Å². The van der Waals surface area contributed by atoms with Gasteiger partial charge in [-0.2, -0.15) is 10.5 Å². The summed E-state index contributed by atoms with van der Waals surface area (Å²) in [7, 11) is 0. The number of aryl methyl sites for hydroxylation is 1. The van der Waals surface area contributed by atoms with Gasteiger partial charge in [0.15, 0.2) is 0 Å². The second-order valence-electron chi connectivity index (χ2n) is 18.5. The van der Waals surface area contributed by atoms with Crippen LogP contribution in [-0.2, 0) is 0 Å². The van der Waals surface area contributed by atoms with E-state index in [-0.39, 0.29) is 12.8 Å². The second kappa shape index (κ2) is 19.1. The molecule has 71 heavy (non-hydrogen) atoms. The fraction of sp³-hybridized carbons (Fsp3) is 0.115. The summed E-state index contributed by atoms with van der Waals surface area (Å²) >= 11 is 3.12. The monoisotopic (exact) mass is 948 g/mol. The molecule has 0 unspecified atom stereocenters. The average Bonchev–Trinajstić information content (AvgIpc) is 4.21. The van der Waals surface area contributed by atoms with Gasteiger partial charge in [0.1, 0.15) is 33.3 Å². The SMILES string of the molecule is Cc1ccccc1-c1c2/c(=C(\C#N)c3nc4ccccc4s3)n(B(c3ccccc3)c3ccccc3)c(C3CCCCC3)c2/c(=C(\C#N)c2nc3ccccc3s2)n1B(c1ccccc1)c1ccccc1. The molecule has 0 saturated heterocycles. The van der Waals surface area contributed by atoms with E-state index in [1.54, 1.807) is 22.7 Å². The largest absolute Gasteiger partial charge is 0.378 e. The summed E-state index contributed by atoms with van der Waals surface area (Å²) in [6, 6.07) is 73.6. The summed E-state index contributed by atoms with van der Waals surface area (Å²) in [6.07, 6.45) is 5.23. The van der Waals surface area contributed by atoms with Crippen LogP contribution in [0.1, 0.15) is 59.3 Å². The summed E-state index contributed by atoms with van der Waals surface area (Å²) < 4.78 is 7.04. The van der Waals surface area contributed by atoms with Gasteiger partial charge >= 0.3 is 13.7 Å². The van der Waals surface area contributed by atoms with Crippen molar-refractivity contribution in [2.45, 2.75) is 44.9 Å². The van der Waals surface area contributed by atoms with Crippen molar-refractivity contribution >= 4 is 101 Å². The third kappa shape index (κ3) is 7.81. The van der Waals surface area contributed by atoms with Crippen LogP contribution in [0.2, 0.25) is 0 Å². The van der Waals surface area contributed by atoms with Crippen molar-refractivity contribution in [2.24, 2.45) is 0 Å². The number of para-hydroxylation sites is 2. The maximum atomic E-state index is 12.1. The summed E-state index contributed by atoms with van der Waals surface area (Å²) in [5.74, 6) is 0.0896. The number of rotatable bonds is 10. The van der Waals surface area contributed by atoms with E-state index in [1.807, 2.05) is 36.4 Å². The highest BCUT2D eigenvalue weighted by Gasteiger charge is 2.39. The third-order valence-electron chi connectivity index (χ3n) is 14.3. The van der Waals surface area contributed by atoms with E-state index < -0.39 is 6.85 Å². The molecule has 0 aliphatic heterocycles. The van der Waals surface area contributed by atoms with Crippen LogP contribution >= 0.6 is 22.7 Å². The van der Waals surface area contributed by atoms with Gasteiger partial charge in [-0.3, -0.25) is 0 Å². The molecule has 4 heterocycles. The topological polar surface area (TPSA) is 83.2 Å². The first-order chi connectivity index (χ1) is 35.1. The first kappa shape index (κ1) is 44.2. The summed E-state index contributed by atoms with van der Waals surface area (Å²) in [5, 5.41) is 29.2. The van der Waals surface area contributed by atoms with Crippen molar-refractivity contribution in [1.29, 1.82) is 10.5 Å². The van der Waals surface area contributed by atoms with E-state index in [4.69, 9.17) is 9.97 Å². The van der Waals surface area contributed by atoms with Crippen molar-refractivity contribution in [3.05, 3.63) is 226 Å². The number of thiazole rings is 2. The lowest BCUT2D eigenvalue weighted by Gasteiger charge is -2.29. The van der Waals surface area contributed by atoms with Gasteiger partial charge in [0.25, 0.3) is 0 Å². The molecule has 0 amide bonds. The van der Waals surface area contributed by atoms with E-state index in [1.165, 1.54) is 0 Å². The fourth-order valence-electron chi connectivity index (χ4n) is 11.2. The van der Waals surface area contributed by atoms with Crippen molar-refractivity contribution in [2.75, 3.05) is 0 Å². The van der Waals surface area contributed by atoms with Crippen molar-refractivity contribution in [3.63, 3.8) is 0 Å². The highest BCUT2D eigenvalue weighted by Crippen LogP contribution is 2.41. The molecule has 7 aromatic carbocycles. The number of fused-ring (bicyclic) bond motifs is 3. The maximum absolute atomic E-state index is 12.1. The van der Waals surface area contributed by atoms with Crippen LogP contribution in [0.5, 0.6) is 0 Å². The average molecular weight is 949 g/mol. The molecule has 0 N–H and O–H groups in total. The highest BCUT2D eigenvalue weighted by atomic mass is 32.1. The number of nitriles is 2. The Bertz CT molecular complexity index is 3730. The fourth-order valence-corrected chi connectivity index (χ4v) is 13.1. The first-order valence-electron chi connectivity index (χ1n) is 24.5. The molecular weight excluding hydrogens is 902 g/mol. The Hall–Kier alpha value is -8.01. The summed E-state index contributed by atoms with van der Waals surface area (Å²) in [6.45, 7) is 1.42. The Labute approximate surface area is 422 Å². The Morgan fingerprint density at radius 2 is 0.901 bits per heavy atom. The molecule has 0 spiro atoms. The van der Waals surface area contributed by atoms with Gasteiger partial charge in [-0.1, -0.05) is 211 Å². The van der Waals surface area contributed by atoms with Crippen molar-refractivity contribution in [3.8, 4) is 23.4 Å². The summed E-state index contributed by atoms with van der Waals surface area (Å²) in [4.78, 5) is 10.6. The lowest BCUT2D eigenvalue weighted by atomic mass is 9.49. The lowest BCUT2D eigenvalue weighted by Crippen LogP contribution is -2.55. The van der Waals surface area contributed by atoms with Gasteiger partial charge in [-0.25, -0.2) is 9.97 Å². The van der Waals surface area contributed by atoms with Crippen LogP contribution in [0.3, 0.4) is 0 Å². The molecule has 4 aromatic heterocycles. The van der Waals surface area contributed by atoms with E-state index >= 15 is 0 Å². The Kier molecular flexibility index (Phi) is 11.9. The smallest absolute Gasteiger partial charge is 0.328 e. The minimum atomic E-state index is -0.403. The molecule has 1 aliphatic carbocycles. The molecule has 0 bridgehead atoms. The Morgan fingerprint density at radius 3 is 1.35 bits per heavy atom. The minimum Gasteiger partial charge on any atom is -0.378 e. The highest BCUT2D eigenvalue weighted by molar-refractivity contribution is 7.20. The quantitative estimate of drug-likeness (QED) is 0.128. The van der Waals surface area contributed by atoms with Gasteiger partial charge in [-0.15, -0.1) is 22.7 Å². The number of nitrogens with zero attached hydrogens (tertiary/aromatic N) is 6. The predicted molar refractivity (Wildman–Crippen MR) is 297 cm³/mol. The lowest BCUT2D eigenvalue weighted by molar-refractivity contribution is 0.436. The van der Waals surface area contributed by atoms with Gasteiger partial charge in [-0.05, 0) is 55.5 Å². The third-order valence-corrected chi connectivity index (χ3v) is 16.4. The van der Waals surface area contributed by atoms with Gasteiger partial charge < -0.3 is 8.96 Å². The molecule has 11 aromatic rings. The Balaban J connectivity index is 1.44. The van der Waals surface area contributed by atoms with Gasteiger partial charge in [0.05, 0.1) is 31.1 Å². The zero-order chi connectivity index (χ0) is 47.8. The molecular formula is C61H46B2N6S2. The zero-order valence-corrected chi connectivity index (χ0v) is 40.9. The maximum Gasteiger partial charge on any atom is 0.328 e. The van der Waals surface area contributed by atoms with Crippen LogP contribution in [0, 0.1) is 29.6 Å². The zero-order valence-electron chi connectivity index (χ0n) is 39.2. The Morgan fingerprint density at radius 1 is 0.493 bits per heavy atom. The molecule has 6 nitrogen and oxygen atoms in total. The molecule has 338 valence electrons. The van der Waals surface area contributed by atoms with Crippen LogP contribution in [-0.4, -0.2) is 32.6 Å². The van der Waals surface area contributed by atoms with Crippen LogP contribution in [0.4, 0.5) is 0 Å². The molecule has 0 radical (unpaired) electrons. The predicted octanol–water partition coefficient (Wildman–Crippen LogP) is 10.4. The van der Waals surface area contributed by atoms with Crippen LogP contribution in [0.15, 0.2) is 194 Å². The molecule has 1 fully saturated rings. The molecule has 1 aliphatic rings. The van der Waals surface area contributed by atoms with Crippen LogP contribution in [0.25, 0.3) is 53.6 Å². The number of benzene rings is 7. The molecule has 1 saturated carbocycles. The standard InChI is InChI=1S/C61H46B2N6S2/c1-41-23-17-18-34-47(41)57-55-54(58(48(39-64)60-66-50-35-19-21-37-52(50)70-60)69(57)63(45-30-13-5-14-31-45)46-32-15-6-16-33-46)56(42-24-7-2-8-25-42)68(62(43-26-9-3-10-27-43)44-28-11-4-12-29-44)59(55)49(40-65)61-67-51-36-20-22-38-53(51)71-61/h3-6,9-23,26-38,42H,2,7-8,24-25H2,1H3/b58-48-,59-49-. The van der Waals surface area contributed by atoms with E-state index in [0.29, 0.717) is 21.2 Å². The number of hydrogen-bond acceptors (Lipinski definition) is 6. The van der Waals surface area contributed by atoms with E-state index in [9.17, 15) is 10.5 Å².